The van der Waals surface area contributed by atoms with Gasteiger partial charge in [0.2, 0.25) is 0 Å². The summed E-state index contributed by atoms with van der Waals surface area (Å²) in [6, 6.07) is 14.2. The highest BCUT2D eigenvalue weighted by atomic mass is 32.1. The number of benzene rings is 2. The van der Waals surface area contributed by atoms with Gasteiger partial charge < -0.3 is 18.8 Å². The number of allylic oxidation sites excluding steroid dienone is 1. The molecule has 0 amide bonds. The van der Waals surface area contributed by atoms with Gasteiger partial charge in [-0.15, -0.1) is 0 Å². The summed E-state index contributed by atoms with van der Waals surface area (Å²) in [7, 11) is 2.95. The minimum absolute atomic E-state index is 0.203. The highest BCUT2D eigenvalue weighted by Gasteiger charge is 2.34. The Morgan fingerprint density at radius 3 is 2.47 bits per heavy atom. The molecule has 10 heteroatoms. The summed E-state index contributed by atoms with van der Waals surface area (Å²) in [5.74, 6) is -0.265. The van der Waals surface area contributed by atoms with Crippen molar-refractivity contribution in [3.63, 3.8) is 0 Å². The van der Waals surface area contributed by atoms with Crippen molar-refractivity contribution in [1.82, 2.24) is 9.13 Å². The van der Waals surface area contributed by atoms with E-state index in [2.05, 4.69) is 4.57 Å². The van der Waals surface area contributed by atoms with E-state index in [9.17, 15) is 14.4 Å². The Morgan fingerprint density at radius 2 is 1.78 bits per heavy atom. The van der Waals surface area contributed by atoms with Crippen LogP contribution in [-0.2, 0) is 14.3 Å². The lowest BCUT2D eigenvalue weighted by molar-refractivity contribution is -0.139. The first-order chi connectivity index (χ1) is 21.6. The molecule has 5 rings (SSSR count). The van der Waals surface area contributed by atoms with Crippen LogP contribution in [-0.4, -0.2) is 41.9 Å². The van der Waals surface area contributed by atoms with Crippen LogP contribution in [0.5, 0.6) is 5.75 Å². The van der Waals surface area contributed by atoms with Gasteiger partial charge in [0.15, 0.2) is 4.80 Å². The molecule has 0 radical (unpaired) electrons. The number of ether oxygens (including phenoxy) is 3. The second kappa shape index (κ2) is 13.1. The minimum atomic E-state index is -0.727. The zero-order valence-corrected chi connectivity index (χ0v) is 27.4. The highest BCUT2D eigenvalue weighted by Crippen LogP contribution is 2.34. The number of hydrogen-bond acceptors (Lipinski definition) is 8. The van der Waals surface area contributed by atoms with Gasteiger partial charge in [0.05, 0.1) is 48.2 Å². The molecular formula is C35H37N3O6S. The van der Waals surface area contributed by atoms with Gasteiger partial charge in [-0.1, -0.05) is 42.9 Å². The van der Waals surface area contributed by atoms with Crippen molar-refractivity contribution in [3.05, 3.63) is 113 Å². The molecule has 45 heavy (non-hydrogen) atoms. The van der Waals surface area contributed by atoms with E-state index in [1.807, 2.05) is 76.2 Å². The second-order valence-electron chi connectivity index (χ2n) is 10.8. The number of aromatic nitrogens is 2. The van der Waals surface area contributed by atoms with E-state index in [4.69, 9.17) is 19.2 Å². The first kappa shape index (κ1) is 31.7. The van der Waals surface area contributed by atoms with Crippen LogP contribution < -0.4 is 19.6 Å². The Labute approximate surface area is 265 Å². The maximum Gasteiger partial charge on any atom is 0.338 e. The summed E-state index contributed by atoms with van der Waals surface area (Å²) < 4.78 is 20.1. The van der Waals surface area contributed by atoms with E-state index in [1.165, 1.54) is 18.4 Å². The molecule has 2 aromatic carbocycles. The van der Waals surface area contributed by atoms with E-state index in [1.54, 1.807) is 24.7 Å². The smallest absolute Gasteiger partial charge is 0.338 e. The van der Waals surface area contributed by atoms with Crippen LogP contribution in [0, 0.1) is 20.8 Å². The predicted octanol–water partition coefficient (Wildman–Crippen LogP) is 5.09. The predicted molar refractivity (Wildman–Crippen MR) is 174 cm³/mol. The molecule has 0 fully saturated rings. The van der Waals surface area contributed by atoms with Crippen molar-refractivity contribution in [1.29, 1.82) is 0 Å². The molecule has 1 aliphatic rings. The van der Waals surface area contributed by atoms with Crippen molar-refractivity contribution in [2.45, 2.75) is 53.5 Å². The summed E-state index contributed by atoms with van der Waals surface area (Å²) in [6.45, 7) is 9.86. The van der Waals surface area contributed by atoms with Crippen molar-refractivity contribution < 1.29 is 23.8 Å². The van der Waals surface area contributed by atoms with Gasteiger partial charge in [0, 0.05) is 17.1 Å². The molecule has 2 aromatic heterocycles. The van der Waals surface area contributed by atoms with Crippen LogP contribution in [0.1, 0.15) is 71.2 Å². The third-order valence-electron chi connectivity index (χ3n) is 8.01. The number of rotatable bonds is 9. The maximum absolute atomic E-state index is 14.2. The standard InChI is InChI=1S/C35H37N3O6S/c1-8-12-27-30(34(41)44-9-2)31(23-13-10-14-25(18-23)42-6)38-32(39)29(45-35(38)36-27)19-24-17-20(3)37(22(24)5)28-16-11-15-26(21(28)4)33(40)43-7/h10-11,13-19,31H,8-9,12H2,1-7H3/b29-19+/t31-/m0/s1. The fourth-order valence-electron chi connectivity index (χ4n) is 5.89. The molecule has 0 bridgehead atoms. The van der Waals surface area contributed by atoms with Gasteiger partial charge in [0.1, 0.15) is 5.75 Å². The van der Waals surface area contributed by atoms with Crippen LogP contribution in [0.15, 0.2) is 69.6 Å². The zero-order valence-electron chi connectivity index (χ0n) is 26.6. The third-order valence-corrected chi connectivity index (χ3v) is 8.99. The van der Waals surface area contributed by atoms with E-state index >= 15 is 0 Å². The zero-order chi connectivity index (χ0) is 32.4. The van der Waals surface area contributed by atoms with Gasteiger partial charge in [-0.25, -0.2) is 14.6 Å². The molecule has 0 saturated carbocycles. The number of nitrogens with zero attached hydrogens (tertiary/aromatic N) is 3. The van der Waals surface area contributed by atoms with Crippen LogP contribution in [0.25, 0.3) is 11.8 Å². The van der Waals surface area contributed by atoms with Crippen molar-refractivity contribution >= 4 is 29.4 Å². The molecular weight excluding hydrogens is 590 g/mol. The Morgan fingerprint density at radius 1 is 1.02 bits per heavy atom. The number of aryl methyl sites for hydroxylation is 1. The average Bonchev–Trinajstić information content (AvgIpc) is 3.49. The molecule has 0 N–H and O–H groups in total. The summed E-state index contributed by atoms with van der Waals surface area (Å²) in [4.78, 5) is 45.5. The summed E-state index contributed by atoms with van der Waals surface area (Å²) in [6.07, 6.45) is 3.20. The summed E-state index contributed by atoms with van der Waals surface area (Å²) in [5, 5.41) is 0. The Kier molecular flexibility index (Phi) is 9.24. The molecule has 1 atom stereocenters. The first-order valence-electron chi connectivity index (χ1n) is 14.9. The molecule has 1 aliphatic heterocycles. The van der Waals surface area contributed by atoms with E-state index in [0.29, 0.717) is 38.3 Å². The average molecular weight is 628 g/mol. The molecule has 3 heterocycles. The topological polar surface area (TPSA) is 101 Å². The number of hydrogen-bond donors (Lipinski definition) is 0. The van der Waals surface area contributed by atoms with Crippen LogP contribution in [0.3, 0.4) is 0 Å². The van der Waals surface area contributed by atoms with Crippen molar-refractivity contribution in [2.75, 3.05) is 20.8 Å². The number of methoxy groups -OCH3 is 2. The van der Waals surface area contributed by atoms with Gasteiger partial charge in [-0.2, -0.15) is 0 Å². The number of thiazole rings is 1. The molecule has 9 nitrogen and oxygen atoms in total. The lowest BCUT2D eigenvalue weighted by Gasteiger charge is -2.26. The SMILES string of the molecule is CCCC1=C(C(=O)OCC)[C@H](c2cccc(OC)c2)n2c(s/c(=C/c3cc(C)n(-c4cccc(C(=O)OC)c4C)c3C)c2=O)=N1. The fourth-order valence-corrected chi connectivity index (χ4v) is 6.90. The van der Waals surface area contributed by atoms with Gasteiger partial charge in [-0.3, -0.25) is 9.36 Å². The Balaban J connectivity index is 1.72. The maximum atomic E-state index is 14.2. The number of esters is 2. The third kappa shape index (κ3) is 5.78. The molecule has 0 saturated heterocycles. The fraction of sp³-hybridized carbons (Fsp3) is 0.314. The van der Waals surface area contributed by atoms with E-state index in [-0.39, 0.29) is 12.2 Å². The van der Waals surface area contributed by atoms with E-state index in [0.717, 1.165) is 40.2 Å². The van der Waals surface area contributed by atoms with Crippen LogP contribution in [0.2, 0.25) is 0 Å². The van der Waals surface area contributed by atoms with Gasteiger partial charge in [0.25, 0.3) is 5.56 Å². The molecule has 0 unspecified atom stereocenters. The lowest BCUT2D eigenvalue weighted by atomic mass is 9.94. The number of fused-ring (bicyclic) bond motifs is 1. The second-order valence-corrected chi connectivity index (χ2v) is 11.8. The number of carbonyl (C=O) groups is 2. The summed E-state index contributed by atoms with van der Waals surface area (Å²) >= 11 is 1.29. The van der Waals surface area contributed by atoms with Crippen LogP contribution in [0.4, 0.5) is 0 Å². The largest absolute Gasteiger partial charge is 0.497 e. The molecule has 234 valence electrons. The first-order valence-corrected chi connectivity index (χ1v) is 15.7. The van der Waals surface area contributed by atoms with Crippen LogP contribution >= 0.6 is 11.3 Å². The summed E-state index contributed by atoms with van der Waals surface area (Å²) in [5.41, 5.74) is 6.33. The Hall–Kier alpha value is -4.70. The minimum Gasteiger partial charge on any atom is -0.497 e. The lowest BCUT2D eigenvalue weighted by Crippen LogP contribution is -2.40. The van der Waals surface area contributed by atoms with E-state index < -0.39 is 18.0 Å². The van der Waals surface area contributed by atoms with Crippen molar-refractivity contribution in [3.8, 4) is 11.4 Å². The molecule has 0 aliphatic carbocycles. The highest BCUT2D eigenvalue weighted by molar-refractivity contribution is 7.07. The monoisotopic (exact) mass is 627 g/mol. The van der Waals surface area contributed by atoms with Gasteiger partial charge in [-0.05, 0) is 87.2 Å². The Bertz CT molecular complexity index is 2010. The molecule has 4 aromatic rings. The normalized spacial score (nSPS) is 14.6. The quantitative estimate of drug-likeness (QED) is 0.240. The van der Waals surface area contributed by atoms with Crippen molar-refractivity contribution in [2.24, 2.45) is 4.99 Å². The van der Waals surface area contributed by atoms with Gasteiger partial charge >= 0.3 is 11.9 Å². The molecule has 0 spiro atoms. The number of carbonyl (C=O) groups excluding carboxylic acids is 2.